The lowest BCUT2D eigenvalue weighted by Crippen LogP contribution is -2.37. The van der Waals surface area contributed by atoms with Crippen LogP contribution in [-0.4, -0.2) is 29.0 Å². The van der Waals surface area contributed by atoms with Crippen LogP contribution in [0.5, 0.6) is 5.75 Å². The molecule has 0 aromatic heterocycles. The first-order valence-electron chi connectivity index (χ1n) is 7.37. The fourth-order valence-electron chi connectivity index (χ4n) is 2.27. The molecule has 1 aliphatic rings. The fourth-order valence-corrected chi connectivity index (χ4v) is 2.27. The Hall–Kier alpha value is -3.66. The predicted octanol–water partition coefficient (Wildman–Crippen LogP) is 2.08. The van der Waals surface area contributed by atoms with Crippen LogP contribution in [0.25, 0.3) is 0 Å². The van der Waals surface area contributed by atoms with E-state index in [2.05, 4.69) is 0 Å². The molecule has 0 N–H and O–H groups in total. The number of ether oxygens (including phenoxy) is 1. The molecule has 0 fully saturated rings. The SMILES string of the molecule is CC(Oc1ccc(C#N)cc1)C(=O)ON1C(=O)c2ccccc2C1=O. The largest absolute Gasteiger partial charge is 0.479 e. The summed E-state index contributed by atoms with van der Waals surface area (Å²) in [6.07, 6.45) is -1.06. The first-order chi connectivity index (χ1) is 12.0. The van der Waals surface area contributed by atoms with Gasteiger partial charge in [-0.25, -0.2) is 4.79 Å². The van der Waals surface area contributed by atoms with E-state index in [0.29, 0.717) is 16.4 Å². The van der Waals surface area contributed by atoms with Gasteiger partial charge in [-0.2, -0.15) is 5.26 Å². The van der Waals surface area contributed by atoms with Crippen molar-refractivity contribution in [3.8, 4) is 11.8 Å². The topological polar surface area (TPSA) is 96.7 Å². The molecule has 0 bridgehead atoms. The molecular weight excluding hydrogens is 324 g/mol. The van der Waals surface area contributed by atoms with Crippen LogP contribution in [0.15, 0.2) is 48.5 Å². The number of carbonyl (C=O) groups excluding carboxylic acids is 3. The van der Waals surface area contributed by atoms with Crippen molar-refractivity contribution >= 4 is 17.8 Å². The zero-order valence-electron chi connectivity index (χ0n) is 13.1. The van der Waals surface area contributed by atoms with Crippen molar-refractivity contribution in [2.24, 2.45) is 0 Å². The van der Waals surface area contributed by atoms with Gasteiger partial charge in [-0.15, -0.1) is 0 Å². The maximum absolute atomic E-state index is 12.2. The van der Waals surface area contributed by atoms with Crippen LogP contribution in [0.2, 0.25) is 0 Å². The van der Waals surface area contributed by atoms with Gasteiger partial charge in [-0.3, -0.25) is 9.59 Å². The van der Waals surface area contributed by atoms with Gasteiger partial charge in [-0.05, 0) is 43.3 Å². The summed E-state index contributed by atoms with van der Waals surface area (Å²) in [4.78, 5) is 41.3. The molecule has 1 atom stereocenters. The van der Waals surface area contributed by atoms with Crippen LogP contribution in [0.1, 0.15) is 33.2 Å². The van der Waals surface area contributed by atoms with Crippen molar-refractivity contribution in [2.45, 2.75) is 13.0 Å². The highest BCUT2D eigenvalue weighted by molar-refractivity contribution is 6.20. The second-order valence-corrected chi connectivity index (χ2v) is 5.26. The molecule has 7 nitrogen and oxygen atoms in total. The van der Waals surface area contributed by atoms with Crippen molar-refractivity contribution < 1.29 is 24.0 Å². The number of nitrogens with zero attached hydrogens (tertiary/aromatic N) is 2. The highest BCUT2D eigenvalue weighted by Gasteiger charge is 2.39. The molecule has 1 heterocycles. The van der Waals surface area contributed by atoms with Gasteiger partial charge >= 0.3 is 5.97 Å². The monoisotopic (exact) mass is 336 g/mol. The quantitative estimate of drug-likeness (QED) is 0.793. The lowest BCUT2D eigenvalue weighted by Gasteiger charge is -2.17. The van der Waals surface area contributed by atoms with Gasteiger partial charge in [0.25, 0.3) is 11.8 Å². The van der Waals surface area contributed by atoms with Crippen molar-refractivity contribution in [1.82, 2.24) is 5.06 Å². The van der Waals surface area contributed by atoms with Crippen molar-refractivity contribution in [3.63, 3.8) is 0 Å². The maximum Gasteiger partial charge on any atom is 0.373 e. The van der Waals surface area contributed by atoms with Gasteiger partial charge < -0.3 is 9.57 Å². The smallest absolute Gasteiger partial charge is 0.373 e. The molecule has 0 saturated heterocycles. The summed E-state index contributed by atoms with van der Waals surface area (Å²) in [6, 6.07) is 14.3. The Labute approximate surface area is 142 Å². The lowest BCUT2D eigenvalue weighted by atomic mass is 10.1. The van der Waals surface area contributed by atoms with Crippen LogP contribution < -0.4 is 4.74 Å². The minimum atomic E-state index is -1.06. The summed E-state index contributed by atoms with van der Waals surface area (Å²) in [5, 5.41) is 9.18. The highest BCUT2D eigenvalue weighted by atomic mass is 16.7. The van der Waals surface area contributed by atoms with Crippen LogP contribution in [0.4, 0.5) is 0 Å². The zero-order valence-corrected chi connectivity index (χ0v) is 13.1. The minimum absolute atomic E-state index is 0.181. The Bertz CT molecular complexity index is 863. The third kappa shape index (κ3) is 3.05. The number of hydrogen-bond donors (Lipinski definition) is 0. The average molecular weight is 336 g/mol. The third-order valence-corrected chi connectivity index (χ3v) is 3.57. The minimum Gasteiger partial charge on any atom is -0.479 e. The van der Waals surface area contributed by atoms with Gasteiger partial charge in [0.1, 0.15) is 5.75 Å². The summed E-state index contributed by atoms with van der Waals surface area (Å²) < 4.78 is 5.40. The Kier molecular flexibility index (Phi) is 4.18. The number of hydroxylamine groups is 2. The van der Waals surface area contributed by atoms with Crippen molar-refractivity contribution in [2.75, 3.05) is 0 Å². The second kappa shape index (κ2) is 6.45. The van der Waals surface area contributed by atoms with Crippen LogP contribution in [0, 0.1) is 11.3 Å². The second-order valence-electron chi connectivity index (χ2n) is 5.26. The summed E-state index contributed by atoms with van der Waals surface area (Å²) >= 11 is 0. The molecule has 0 aliphatic carbocycles. The number of nitriles is 1. The van der Waals surface area contributed by atoms with Crippen LogP contribution in [-0.2, 0) is 9.63 Å². The van der Waals surface area contributed by atoms with Crippen molar-refractivity contribution in [1.29, 1.82) is 5.26 Å². The number of fused-ring (bicyclic) bond motifs is 1. The molecule has 0 spiro atoms. The highest BCUT2D eigenvalue weighted by Crippen LogP contribution is 2.23. The maximum atomic E-state index is 12.2. The van der Waals surface area contributed by atoms with Gasteiger partial charge in [0.15, 0.2) is 6.10 Å². The molecule has 1 aliphatic heterocycles. The van der Waals surface area contributed by atoms with E-state index >= 15 is 0 Å². The number of carbonyl (C=O) groups is 3. The van der Waals surface area contributed by atoms with E-state index in [1.165, 1.54) is 43.3 Å². The molecule has 7 heteroatoms. The average Bonchev–Trinajstić information content (AvgIpc) is 2.87. The first kappa shape index (κ1) is 16.2. The number of benzene rings is 2. The Morgan fingerprint density at radius 1 is 1.04 bits per heavy atom. The van der Waals surface area contributed by atoms with Gasteiger partial charge in [0.2, 0.25) is 0 Å². The molecule has 3 rings (SSSR count). The van der Waals surface area contributed by atoms with E-state index in [-0.39, 0.29) is 11.1 Å². The zero-order chi connectivity index (χ0) is 18.0. The Balaban J connectivity index is 1.67. The summed E-state index contributed by atoms with van der Waals surface area (Å²) in [5.41, 5.74) is 0.815. The summed E-state index contributed by atoms with van der Waals surface area (Å²) in [5.74, 6) is -1.93. The molecular formula is C18H12N2O5. The van der Waals surface area contributed by atoms with Crippen molar-refractivity contribution in [3.05, 3.63) is 65.2 Å². The van der Waals surface area contributed by atoms with E-state index in [1.807, 2.05) is 6.07 Å². The van der Waals surface area contributed by atoms with E-state index in [9.17, 15) is 14.4 Å². The summed E-state index contributed by atoms with van der Waals surface area (Å²) in [7, 11) is 0. The molecule has 25 heavy (non-hydrogen) atoms. The van der Waals surface area contributed by atoms with Gasteiger partial charge in [-0.1, -0.05) is 17.2 Å². The molecule has 124 valence electrons. The lowest BCUT2D eigenvalue weighted by molar-refractivity contribution is -0.176. The number of amides is 2. The standard InChI is InChI=1S/C18H12N2O5/c1-11(24-13-8-6-12(10-19)7-9-13)18(23)25-20-16(21)14-4-2-3-5-15(14)17(20)22/h2-9,11H,1H3. The van der Waals surface area contributed by atoms with Gasteiger partial charge in [0.05, 0.1) is 22.8 Å². The van der Waals surface area contributed by atoms with E-state index in [1.54, 1.807) is 12.1 Å². The van der Waals surface area contributed by atoms with Gasteiger partial charge in [0, 0.05) is 0 Å². The number of imide groups is 1. The normalized spacial score (nSPS) is 13.8. The van der Waals surface area contributed by atoms with Crippen LogP contribution >= 0.6 is 0 Å². The molecule has 2 aromatic rings. The van der Waals surface area contributed by atoms with E-state index < -0.39 is 23.9 Å². The molecule has 1 unspecified atom stereocenters. The Morgan fingerprint density at radius 3 is 2.12 bits per heavy atom. The fraction of sp³-hybridized carbons (Fsp3) is 0.111. The Morgan fingerprint density at radius 2 is 1.60 bits per heavy atom. The third-order valence-electron chi connectivity index (χ3n) is 3.57. The molecule has 2 aromatic carbocycles. The summed E-state index contributed by atoms with van der Waals surface area (Å²) in [6.45, 7) is 1.43. The van der Waals surface area contributed by atoms with E-state index in [0.717, 1.165) is 0 Å². The molecule has 0 saturated carbocycles. The predicted molar refractivity (Wildman–Crippen MR) is 84.3 cm³/mol. The first-order valence-corrected chi connectivity index (χ1v) is 7.37. The number of rotatable bonds is 4. The van der Waals surface area contributed by atoms with E-state index in [4.69, 9.17) is 14.8 Å². The van der Waals surface area contributed by atoms with Crippen LogP contribution in [0.3, 0.4) is 0 Å². The molecule has 2 amide bonds. The molecule has 0 radical (unpaired) electrons. The number of hydrogen-bond acceptors (Lipinski definition) is 6.